The molecule has 0 amide bonds. The summed E-state index contributed by atoms with van der Waals surface area (Å²) in [5.41, 5.74) is -0.546. The predicted molar refractivity (Wildman–Crippen MR) is 65.6 cm³/mol. The van der Waals surface area contributed by atoms with Crippen LogP contribution < -0.4 is 24.0 Å². The van der Waals surface area contributed by atoms with Gasteiger partial charge in [0, 0.05) is 0 Å². The van der Waals surface area contributed by atoms with E-state index in [-0.39, 0.29) is 24.4 Å². The third-order valence-corrected chi connectivity index (χ3v) is 2.96. The van der Waals surface area contributed by atoms with Crippen LogP contribution >= 0.6 is 0 Å². The van der Waals surface area contributed by atoms with E-state index in [1.807, 2.05) is 6.92 Å². The first kappa shape index (κ1) is 15.5. The number of aliphatic hydroxyl groups is 1. The van der Waals surface area contributed by atoms with Gasteiger partial charge in [0.1, 0.15) is 0 Å². The molecule has 0 spiro atoms. The minimum Gasteiger partial charge on any atom is -0.546 e. The van der Waals surface area contributed by atoms with Crippen LogP contribution in [0.25, 0.3) is 0 Å². The van der Waals surface area contributed by atoms with Crippen molar-refractivity contribution >= 4 is 5.97 Å². The molecule has 1 N–H and O–H groups in total. The molecule has 0 saturated heterocycles. The van der Waals surface area contributed by atoms with Crippen molar-refractivity contribution in [2.24, 2.45) is 0 Å². The maximum absolute atomic E-state index is 11.3. The van der Waals surface area contributed by atoms with Gasteiger partial charge < -0.3 is 15.0 Å². The van der Waals surface area contributed by atoms with E-state index in [0.717, 1.165) is 5.56 Å². The molecule has 3 nitrogen and oxygen atoms in total. The number of benzene rings is 2. The summed E-state index contributed by atoms with van der Waals surface area (Å²) in [4.78, 5) is 11.3. The van der Waals surface area contributed by atoms with Crippen molar-refractivity contribution in [3.63, 3.8) is 0 Å². The van der Waals surface area contributed by atoms with E-state index in [0.29, 0.717) is 5.56 Å². The molecule has 0 radical (unpaired) electrons. The van der Waals surface area contributed by atoms with Crippen LogP contribution in [0.2, 0.25) is 0 Å². The SMILES string of the molecule is Cc1ccc(C(O)(C(=O)[O-])c2ccccc2)cc1.[Li+]. The van der Waals surface area contributed by atoms with Crippen molar-refractivity contribution in [1.82, 2.24) is 0 Å². The number of hydrogen-bond donors (Lipinski definition) is 1. The van der Waals surface area contributed by atoms with Crippen LogP contribution in [0.5, 0.6) is 0 Å². The normalized spacial score (nSPS) is 13.2. The molecule has 0 aliphatic rings. The second-order valence-electron chi connectivity index (χ2n) is 4.23. The molecule has 1 atom stereocenters. The first-order chi connectivity index (χ1) is 8.55. The molecule has 0 heterocycles. The van der Waals surface area contributed by atoms with Crippen molar-refractivity contribution in [3.8, 4) is 0 Å². The van der Waals surface area contributed by atoms with Crippen LogP contribution in [0.3, 0.4) is 0 Å². The maximum Gasteiger partial charge on any atom is 1.00 e. The van der Waals surface area contributed by atoms with Gasteiger partial charge in [0.15, 0.2) is 5.60 Å². The van der Waals surface area contributed by atoms with Gasteiger partial charge in [-0.25, -0.2) is 0 Å². The fourth-order valence-corrected chi connectivity index (χ4v) is 1.88. The van der Waals surface area contributed by atoms with E-state index >= 15 is 0 Å². The number of hydrogen-bond acceptors (Lipinski definition) is 3. The summed E-state index contributed by atoms with van der Waals surface area (Å²) < 4.78 is 0. The van der Waals surface area contributed by atoms with E-state index in [9.17, 15) is 15.0 Å². The molecule has 0 fully saturated rings. The summed E-state index contributed by atoms with van der Waals surface area (Å²) in [5.74, 6) is -1.53. The number of carbonyl (C=O) groups is 1. The monoisotopic (exact) mass is 248 g/mol. The van der Waals surface area contributed by atoms with Crippen molar-refractivity contribution in [3.05, 3.63) is 71.3 Å². The number of carboxylic acids is 1. The molecule has 4 heteroatoms. The summed E-state index contributed by atoms with van der Waals surface area (Å²) in [7, 11) is 0. The van der Waals surface area contributed by atoms with Gasteiger partial charge in [-0.15, -0.1) is 0 Å². The Kier molecular flexibility index (Phi) is 4.96. The molecule has 0 saturated carbocycles. The zero-order chi connectivity index (χ0) is 13.2. The molecule has 0 aliphatic heterocycles. The summed E-state index contributed by atoms with van der Waals surface area (Å²) in [5, 5.41) is 21.8. The Bertz CT molecular complexity index is 551. The molecule has 19 heavy (non-hydrogen) atoms. The molecule has 0 aliphatic carbocycles. The van der Waals surface area contributed by atoms with Gasteiger partial charge in [0.25, 0.3) is 0 Å². The van der Waals surface area contributed by atoms with Crippen LogP contribution in [0.15, 0.2) is 54.6 Å². The predicted octanol–water partition coefficient (Wildman–Crippen LogP) is -2.02. The summed E-state index contributed by atoms with van der Waals surface area (Å²) in [6, 6.07) is 14.9. The van der Waals surface area contributed by atoms with Gasteiger partial charge in [-0.3, -0.25) is 0 Å². The molecule has 0 bridgehead atoms. The van der Waals surface area contributed by atoms with Crippen molar-refractivity contribution in [2.75, 3.05) is 0 Å². The number of rotatable bonds is 3. The second kappa shape index (κ2) is 6.07. The summed E-state index contributed by atoms with van der Waals surface area (Å²) in [6.45, 7) is 1.89. The smallest absolute Gasteiger partial charge is 0.546 e. The number of aryl methyl sites for hydroxylation is 1. The van der Waals surface area contributed by atoms with Crippen LogP contribution in [0.4, 0.5) is 0 Å². The third-order valence-electron chi connectivity index (χ3n) is 2.96. The maximum atomic E-state index is 11.3. The Balaban J connectivity index is 0.00000180. The van der Waals surface area contributed by atoms with E-state index in [2.05, 4.69) is 0 Å². The topological polar surface area (TPSA) is 60.4 Å². The van der Waals surface area contributed by atoms with Crippen molar-refractivity contribution < 1.29 is 33.9 Å². The number of carbonyl (C=O) groups excluding carboxylic acids is 1. The second-order valence-corrected chi connectivity index (χ2v) is 4.23. The molecule has 2 aromatic rings. The van der Waals surface area contributed by atoms with E-state index in [1.165, 1.54) is 0 Å². The summed E-state index contributed by atoms with van der Waals surface area (Å²) >= 11 is 0. The largest absolute Gasteiger partial charge is 1.00 e. The average Bonchev–Trinajstić information content (AvgIpc) is 2.39. The van der Waals surface area contributed by atoms with E-state index in [4.69, 9.17) is 0 Å². The molecule has 2 rings (SSSR count). The molecule has 1 unspecified atom stereocenters. The third kappa shape index (κ3) is 2.90. The Morgan fingerprint density at radius 2 is 1.47 bits per heavy atom. The standard InChI is InChI=1S/C15H14O3.Li/c1-11-7-9-13(10-8-11)15(18,14(16)17)12-5-3-2-4-6-12;/h2-10,18H,1H3,(H,16,17);/q;+1/p-1. The molecular weight excluding hydrogens is 235 g/mol. The van der Waals surface area contributed by atoms with Gasteiger partial charge in [-0.1, -0.05) is 60.2 Å². The first-order valence-corrected chi connectivity index (χ1v) is 5.61. The first-order valence-electron chi connectivity index (χ1n) is 5.61. The zero-order valence-electron chi connectivity index (χ0n) is 11.0. The molecule has 92 valence electrons. The summed E-state index contributed by atoms with van der Waals surface area (Å²) in [6.07, 6.45) is 0. The fourth-order valence-electron chi connectivity index (χ4n) is 1.88. The van der Waals surface area contributed by atoms with Gasteiger partial charge >= 0.3 is 18.9 Å². The van der Waals surface area contributed by atoms with Crippen LogP contribution in [-0.2, 0) is 10.4 Å². The number of carboxylic acid groups (broad SMARTS) is 1. The van der Waals surface area contributed by atoms with Gasteiger partial charge in [-0.05, 0) is 18.1 Å². The van der Waals surface area contributed by atoms with Gasteiger partial charge in [0.05, 0.1) is 5.97 Å². The Labute approximate surface area is 124 Å². The van der Waals surface area contributed by atoms with Gasteiger partial charge in [-0.2, -0.15) is 0 Å². The van der Waals surface area contributed by atoms with Crippen LogP contribution in [-0.4, -0.2) is 11.1 Å². The minimum absolute atomic E-state index is 0. The Morgan fingerprint density at radius 1 is 1.00 bits per heavy atom. The van der Waals surface area contributed by atoms with Crippen LogP contribution in [0, 0.1) is 6.92 Å². The minimum atomic E-state index is -2.12. The molecular formula is C15H13LiO3. The molecule has 2 aromatic carbocycles. The Morgan fingerprint density at radius 3 is 1.95 bits per heavy atom. The number of aliphatic carboxylic acids is 1. The fraction of sp³-hybridized carbons (Fsp3) is 0.133. The van der Waals surface area contributed by atoms with E-state index in [1.54, 1.807) is 54.6 Å². The Hall–Kier alpha value is -1.53. The van der Waals surface area contributed by atoms with Crippen LogP contribution in [0.1, 0.15) is 16.7 Å². The van der Waals surface area contributed by atoms with E-state index < -0.39 is 11.6 Å². The quantitative estimate of drug-likeness (QED) is 0.638. The van der Waals surface area contributed by atoms with Crippen molar-refractivity contribution in [2.45, 2.75) is 12.5 Å². The average molecular weight is 248 g/mol. The van der Waals surface area contributed by atoms with Crippen molar-refractivity contribution in [1.29, 1.82) is 0 Å². The zero-order valence-corrected chi connectivity index (χ0v) is 11.0. The molecule has 0 aromatic heterocycles. The van der Waals surface area contributed by atoms with Gasteiger partial charge in [0.2, 0.25) is 0 Å².